The van der Waals surface area contributed by atoms with Gasteiger partial charge in [-0.15, -0.1) is 5.10 Å². The molecule has 0 saturated carbocycles. The molecule has 1 amide bonds. The van der Waals surface area contributed by atoms with Crippen molar-refractivity contribution >= 4 is 21.8 Å². The van der Waals surface area contributed by atoms with Gasteiger partial charge < -0.3 is 10.2 Å². The largest absolute Gasteiger partial charge is 0.334 e. The predicted molar refractivity (Wildman–Crippen MR) is 87.2 cm³/mol. The van der Waals surface area contributed by atoms with E-state index in [1.54, 1.807) is 4.68 Å². The summed E-state index contributed by atoms with van der Waals surface area (Å²) in [6.45, 7) is 6.16. The molecule has 2 heterocycles. The van der Waals surface area contributed by atoms with Crippen LogP contribution in [0.5, 0.6) is 0 Å². The van der Waals surface area contributed by atoms with Gasteiger partial charge in [0.05, 0.1) is 11.4 Å². The number of hydrogen-bond acceptors (Lipinski definition) is 4. The molecule has 0 aliphatic carbocycles. The molecule has 22 heavy (non-hydrogen) atoms. The molecule has 0 unspecified atom stereocenters. The molecule has 116 valence electrons. The molecule has 1 atom stereocenters. The number of benzene rings is 1. The highest BCUT2D eigenvalue weighted by Gasteiger charge is 2.26. The van der Waals surface area contributed by atoms with Crippen LogP contribution >= 0.6 is 15.9 Å². The van der Waals surface area contributed by atoms with Crippen LogP contribution in [-0.4, -0.2) is 51.5 Å². The molecule has 0 spiro atoms. The first-order chi connectivity index (χ1) is 10.6. The Morgan fingerprint density at radius 1 is 1.45 bits per heavy atom. The molecule has 1 aromatic heterocycles. The van der Waals surface area contributed by atoms with Crippen molar-refractivity contribution < 1.29 is 4.79 Å². The summed E-state index contributed by atoms with van der Waals surface area (Å²) in [5.74, 6) is -0.0490. The van der Waals surface area contributed by atoms with Gasteiger partial charge >= 0.3 is 0 Å². The second-order valence-electron chi connectivity index (χ2n) is 5.52. The summed E-state index contributed by atoms with van der Waals surface area (Å²) >= 11 is 3.45. The van der Waals surface area contributed by atoms with Crippen molar-refractivity contribution in [2.45, 2.75) is 19.9 Å². The number of rotatable bonds is 2. The van der Waals surface area contributed by atoms with E-state index in [2.05, 4.69) is 38.5 Å². The maximum atomic E-state index is 12.7. The van der Waals surface area contributed by atoms with Crippen molar-refractivity contribution in [2.24, 2.45) is 0 Å². The van der Waals surface area contributed by atoms with Crippen molar-refractivity contribution in [2.75, 3.05) is 19.6 Å². The van der Waals surface area contributed by atoms with Gasteiger partial charge in [0, 0.05) is 30.1 Å². The first-order valence-corrected chi connectivity index (χ1v) is 8.06. The maximum Gasteiger partial charge on any atom is 0.276 e. The first-order valence-electron chi connectivity index (χ1n) is 7.27. The second-order valence-corrected chi connectivity index (χ2v) is 6.44. The van der Waals surface area contributed by atoms with E-state index in [1.807, 2.05) is 36.1 Å². The monoisotopic (exact) mass is 363 g/mol. The summed E-state index contributed by atoms with van der Waals surface area (Å²) in [5, 5.41) is 11.6. The minimum atomic E-state index is -0.0490. The van der Waals surface area contributed by atoms with E-state index in [4.69, 9.17) is 0 Å². The van der Waals surface area contributed by atoms with Crippen molar-refractivity contribution in [3.63, 3.8) is 0 Å². The molecular weight excluding hydrogens is 346 g/mol. The van der Waals surface area contributed by atoms with Gasteiger partial charge in [0.2, 0.25) is 0 Å². The van der Waals surface area contributed by atoms with Gasteiger partial charge in [-0.2, -0.15) is 0 Å². The zero-order valence-corrected chi connectivity index (χ0v) is 14.2. The van der Waals surface area contributed by atoms with Gasteiger partial charge in [-0.3, -0.25) is 4.79 Å². The van der Waals surface area contributed by atoms with Gasteiger partial charge in [-0.25, -0.2) is 4.68 Å². The SMILES string of the molecule is Cc1c(C(=O)N2CCN[C@H](C)C2)nnn1-c1cccc(Br)c1. The van der Waals surface area contributed by atoms with E-state index in [-0.39, 0.29) is 5.91 Å². The molecule has 6 nitrogen and oxygen atoms in total. The summed E-state index contributed by atoms with van der Waals surface area (Å²) < 4.78 is 2.66. The highest BCUT2D eigenvalue weighted by molar-refractivity contribution is 9.10. The fourth-order valence-electron chi connectivity index (χ4n) is 2.65. The summed E-state index contributed by atoms with van der Waals surface area (Å²) in [5.41, 5.74) is 2.07. The molecular formula is C15H18BrN5O. The number of nitrogens with one attached hydrogen (secondary N) is 1. The molecule has 1 aliphatic rings. The van der Waals surface area contributed by atoms with E-state index in [0.29, 0.717) is 24.8 Å². The minimum Gasteiger partial charge on any atom is -0.334 e. The fourth-order valence-corrected chi connectivity index (χ4v) is 3.03. The van der Waals surface area contributed by atoms with Crippen LogP contribution < -0.4 is 5.32 Å². The van der Waals surface area contributed by atoms with Crippen molar-refractivity contribution in [3.05, 3.63) is 40.1 Å². The molecule has 2 aromatic rings. The Balaban J connectivity index is 1.88. The number of halogens is 1. The molecule has 1 aliphatic heterocycles. The quantitative estimate of drug-likeness (QED) is 0.882. The Morgan fingerprint density at radius 3 is 3.00 bits per heavy atom. The summed E-state index contributed by atoms with van der Waals surface area (Å²) in [6.07, 6.45) is 0. The maximum absolute atomic E-state index is 12.7. The second kappa shape index (κ2) is 6.18. The van der Waals surface area contributed by atoms with Gasteiger partial charge in [-0.05, 0) is 32.0 Å². The molecule has 0 bridgehead atoms. The van der Waals surface area contributed by atoms with Crippen LogP contribution in [0.1, 0.15) is 23.1 Å². The third kappa shape index (κ3) is 2.91. The Labute approximate surface area is 137 Å². The van der Waals surface area contributed by atoms with Gasteiger partial charge in [0.25, 0.3) is 5.91 Å². The zero-order valence-electron chi connectivity index (χ0n) is 12.6. The van der Waals surface area contributed by atoms with E-state index in [1.165, 1.54) is 0 Å². The number of piperazine rings is 1. The molecule has 1 fully saturated rings. The fraction of sp³-hybridized carbons (Fsp3) is 0.400. The third-order valence-corrected chi connectivity index (χ3v) is 4.30. The summed E-state index contributed by atoms with van der Waals surface area (Å²) in [4.78, 5) is 14.5. The van der Waals surface area contributed by atoms with Crippen LogP contribution in [0, 0.1) is 6.92 Å². The molecule has 1 aromatic carbocycles. The van der Waals surface area contributed by atoms with Gasteiger partial charge in [-0.1, -0.05) is 27.2 Å². The van der Waals surface area contributed by atoms with Crippen LogP contribution in [0.25, 0.3) is 5.69 Å². The van der Waals surface area contributed by atoms with E-state index in [0.717, 1.165) is 22.4 Å². The van der Waals surface area contributed by atoms with Crippen molar-refractivity contribution in [1.29, 1.82) is 0 Å². The van der Waals surface area contributed by atoms with E-state index in [9.17, 15) is 4.79 Å². The lowest BCUT2D eigenvalue weighted by molar-refractivity contribution is 0.0702. The molecule has 1 saturated heterocycles. The first kappa shape index (κ1) is 15.2. The number of aromatic nitrogens is 3. The van der Waals surface area contributed by atoms with Gasteiger partial charge in [0.1, 0.15) is 0 Å². The van der Waals surface area contributed by atoms with Gasteiger partial charge in [0.15, 0.2) is 5.69 Å². The number of carbonyl (C=O) groups excluding carboxylic acids is 1. The Kier molecular flexibility index (Phi) is 4.26. The normalized spacial score (nSPS) is 18.5. The van der Waals surface area contributed by atoms with E-state index >= 15 is 0 Å². The third-order valence-electron chi connectivity index (χ3n) is 3.81. The number of nitrogens with zero attached hydrogens (tertiary/aromatic N) is 4. The average Bonchev–Trinajstić information content (AvgIpc) is 2.88. The highest BCUT2D eigenvalue weighted by Crippen LogP contribution is 2.18. The molecule has 7 heteroatoms. The summed E-state index contributed by atoms with van der Waals surface area (Å²) in [6, 6.07) is 8.07. The topological polar surface area (TPSA) is 63.1 Å². The van der Waals surface area contributed by atoms with Crippen LogP contribution in [0.4, 0.5) is 0 Å². The lowest BCUT2D eigenvalue weighted by atomic mass is 10.2. The van der Waals surface area contributed by atoms with Crippen molar-refractivity contribution in [1.82, 2.24) is 25.2 Å². The lowest BCUT2D eigenvalue weighted by Crippen LogP contribution is -2.51. The minimum absolute atomic E-state index is 0.0490. The molecule has 0 radical (unpaired) electrons. The Morgan fingerprint density at radius 2 is 2.27 bits per heavy atom. The van der Waals surface area contributed by atoms with Crippen LogP contribution in [0.2, 0.25) is 0 Å². The highest BCUT2D eigenvalue weighted by atomic mass is 79.9. The summed E-state index contributed by atoms with van der Waals surface area (Å²) in [7, 11) is 0. The number of carbonyl (C=O) groups is 1. The predicted octanol–water partition coefficient (Wildman–Crippen LogP) is 1.77. The smallest absolute Gasteiger partial charge is 0.276 e. The van der Waals surface area contributed by atoms with E-state index < -0.39 is 0 Å². The molecule has 1 N–H and O–H groups in total. The Hall–Kier alpha value is -1.73. The standard InChI is InChI=1S/C15H18BrN5O/c1-10-9-20(7-6-17-10)15(22)14-11(2)21(19-18-14)13-5-3-4-12(16)8-13/h3-5,8,10,17H,6-7,9H2,1-2H3/t10-/m1/s1. The number of hydrogen-bond donors (Lipinski definition) is 1. The average molecular weight is 364 g/mol. The Bertz CT molecular complexity index is 699. The lowest BCUT2D eigenvalue weighted by Gasteiger charge is -2.31. The van der Waals surface area contributed by atoms with Crippen LogP contribution in [-0.2, 0) is 0 Å². The number of amides is 1. The zero-order chi connectivity index (χ0) is 15.7. The molecule has 3 rings (SSSR count). The van der Waals surface area contributed by atoms with Crippen molar-refractivity contribution in [3.8, 4) is 5.69 Å². The van der Waals surface area contributed by atoms with Crippen LogP contribution in [0.3, 0.4) is 0 Å². The van der Waals surface area contributed by atoms with Crippen LogP contribution in [0.15, 0.2) is 28.7 Å².